The zero-order valence-electron chi connectivity index (χ0n) is 15.5. The van der Waals surface area contributed by atoms with Gasteiger partial charge in [-0.15, -0.1) is 0 Å². The lowest BCUT2D eigenvalue weighted by Gasteiger charge is -2.16. The van der Waals surface area contributed by atoms with E-state index in [-0.39, 0.29) is 5.82 Å². The third-order valence-corrected chi connectivity index (χ3v) is 5.71. The van der Waals surface area contributed by atoms with Crippen LogP contribution in [0.2, 0.25) is 0 Å². The highest BCUT2D eigenvalue weighted by molar-refractivity contribution is 9.11. The van der Waals surface area contributed by atoms with Gasteiger partial charge in [-0.1, -0.05) is 58.4 Å². The number of ether oxygens (including phenoxy) is 1. The van der Waals surface area contributed by atoms with Crippen LogP contribution in [0.1, 0.15) is 11.1 Å². The Kier molecular flexibility index (Phi) is 6.16. The van der Waals surface area contributed by atoms with Crippen LogP contribution in [-0.4, -0.2) is 0 Å². The topological polar surface area (TPSA) is 21.3 Å². The van der Waals surface area contributed by atoms with Crippen molar-refractivity contribution < 1.29 is 9.13 Å². The maximum atomic E-state index is 13.1. The highest BCUT2D eigenvalue weighted by Crippen LogP contribution is 2.34. The van der Waals surface area contributed by atoms with Crippen molar-refractivity contribution in [3.63, 3.8) is 0 Å². The Morgan fingerprint density at radius 3 is 2.41 bits per heavy atom. The third-order valence-electron chi connectivity index (χ3n) is 4.66. The molecular formula is C24H18Br2FNO. The van der Waals surface area contributed by atoms with Crippen LogP contribution in [0.15, 0.2) is 87.8 Å². The van der Waals surface area contributed by atoms with Gasteiger partial charge in [0.2, 0.25) is 0 Å². The third kappa shape index (κ3) is 4.80. The Morgan fingerprint density at radius 2 is 1.59 bits per heavy atom. The fourth-order valence-corrected chi connectivity index (χ4v) is 4.67. The Bertz CT molecular complexity index is 1140. The van der Waals surface area contributed by atoms with Gasteiger partial charge in [-0.05, 0) is 68.7 Å². The van der Waals surface area contributed by atoms with Crippen molar-refractivity contribution in [3.05, 3.63) is 105 Å². The fraction of sp³-hybridized carbons (Fsp3) is 0.0833. The van der Waals surface area contributed by atoms with Crippen molar-refractivity contribution in [2.24, 2.45) is 0 Å². The van der Waals surface area contributed by atoms with Gasteiger partial charge in [0.05, 0.1) is 4.47 Å². The van der Waals surface area contributed by atoms with Crippen LogP contribution in [0.3, 0.4) is 0 Å². The smallest absolute Gasteiger partial charge is 0.139 e. The van der Waals surface area contributed by atoms with Gasteiger partial charge in [-0.25, -0.2) is 4.39 Å². The Hall–Kier alpha value is -2.37. The van der Waals surface area contributed by atoms with Crippen molar-refractivity contribution >= 4 is 48.3 Å². The van der Waals surface area contributed by atoms with Crippen molar-refractivity contribution in [2.75, 3.05) is 5.32 Å². The lowest BCUT2D eigenvalue weighted by Crippen LogP contribution is -2.05. The summed E-state index contributed by atoms with van der Waals surface area (Å²) in [5.41, 5.74) is 2.98. The SMILES string of the molecule is Fc1ccc(NCc2cc(Br)cc(Br)c2OCc2cccc3ccccc23)cc1. The quantitative estimate of drug-likeness (QED) is 0.284. The van der Waals surface area contributed by atoms with Gasteiger partial charge < -0.3 is 10.1 Å². The maximum Gasteiger partial charge on any atom is 0.139 e. The number of hydrogen-bond donors (Lipinski definition) is 1. The van der Waals surface area contributed by atoms with E-state index in [9.17, 15) is 4.39 Å². The second kappa shape index (κ2) is 8.97. The summed E-state index contributed by atoms with van der Waals surface area (Å²) in [5, 5.41) is 5.71. The molecule has 0 saturated heterocycles. The minimum atomic E-state index is -0.250. The van der Waals surface area contributed by atoms with E-state index in [4.69, 9.17) is 4.74 Å². The first kappa shape index (κ1) is 19.9. The first-order valence-electron chi connectivity index (χ1n) is 9.17. The molecule has 0 aliphatic heterocycles. The van der Waals surface area contributed by atoms with E-state index in [0.717, 1.165) is 31.5 Å². The Balaban J connectivity index is 1.57. The van der Waals surface area contributed by atoms with Crippen molar-refractivity contribution in [2.45, 2.75) is 13.2 Å². The van der Waals surface area contributed by atoms with Crippen LogP contribution in [0.5, 0.6) is 5.75 Å². The van der Waals surface area contributed by atoms with Crippen molar-refractivity contribution in [3.8, 4) is 5.75 Å². The summed E-state index contributed by atoms with van der Waals surface area (Å²) in [6, 6.07) is 24.9. The summed E-state index contributed by atoms with van der Waals surface area (Å²) in [5.74, 6) is 0.538. The second-order valence-corrected chi connectivity index (χ2v) is 8.43. The summed E-state index contributed by atoms with van der Waals surface area (Å²) in [7, 11) is 0. The largest absolute Gasteiger partial charge is 0.487 e. The molecule has 0 atom stereocenters. The first-order valence-corrected chi connectivity index (χ1v) is 10.8. The summed E-state index contributed by atoms with van der Waals surface area (Å²) in [4.78, 5) is 0. The molecule has 5 heteroatoms. The predicted octanol–water partition coefficient (Wildman–Crippen LogP) is 7.70. The monoisotopic (exact) mass is 513 g/mol. The molecule has 4 aromatic rings. The molecule has 0 bridgehead atoms. The van der Waals surface area contributed by atoms with Crippen molar-refractivity contribution in [1.29, 1.82) is 0 Å². The highest BCUT2D eigenvalue weighted by Gasteiger charge is 2.12. The molecule has 0 aliphatic carbocycles. The molecule has 0 amide bonds. The van der Waals surface area contributed by atoms with E-state index in [1.165, 1.54) is 22.9 Å². The molecule has 29 heavy (non-hydrogen) atoms. The fourth-order valence-electron chi connectivity index (χ4n) is 3.24. The minimum Gasteiger partial charge on any atom is -0.487 e. The van der Waals surface area contributed by atoms with Gasteiger partial charge in [-0.2, -0.15) is 0 Å². The average Bonchev–Trinajstić information content (AvgIpc) is 2.72. The molecule has 0 fully saturated rings. The van der Waals surface area contributed by atoms with Gasteiger partial charge in [0.25, 0.3) is 0 Å². The lowest BCUT2D eigenvalue weighted by atomic mass is 10.1. The zero-order chi connectivity index (χ0) is 20.2. The van der Waals surface area contributed by atoms with E-state index in [2.05, 4.69) is 67.5 Å². The number of anilines is 1. The molecule has 0 aromatic heterocycles. The summed E-state index contributed by atoms with van der Waals surface area (Å²) >= 11 is 7.17. The number of rotatable bonds is 6. The van der Waals surface area contributed by atoms with Crippen LogP contribution in [0.25, 0.3) is 10.8 Å². The van der Waals surface area contributed by atoms with E-state index < -0.39 is 0 Å². The molecule has 146 valence electrons. The predicted molar refractivity (Wildman–Crippen MR) is 124 cm³/mol. The van der Waals surface area contributed by atoms with Crippen LogP contribution >= 0.6 is 31.9 Å². The normalized spacial score (nSPS) is 10.9. The molecule has 0 spiro atoms. The number of hydrogen-bond acceptors (Lipinski definition) is 2. The van der Waals surface area contributed by atoms with Crippen LogP contribution in [0, 0.1) is 5.82 Å². The number of fused-ring (bicyclic) bond motifs is 1. The number of benzene rings is 4. The number of nitrogens with one attached hydrogen (secondary N) is 1. The van der Waals surface area contributed by atoms with Crippen LogP contribution in [-0.2, 0) is 13.2 Å². The highest BCUT2D eigenvalue weighted by atomic mass is 79.9. The molecule has 0 heterocycles. The molecular weight excluding hydrogens is 497 g/mol. The summed E-state index contributed by atoms with van der Waals surface area (Å²) < 4.78 is 21.2. The molecule has 4 aromatic carbocycles. The maximum absolute atomic E-state index is 13.1. The lowest BCUT2D eigenvalue weighted by molar-refractivity contribution is 0.302. The van der Waals surface area contributed by atoms with Gasteiger partial charge in [0.15, 0.2) is 0 Å². The van der Waals surface area contributed by atoms with Crippen molar-refractivity contribution in [1.82, 2.24) is 0 Å². The molecule has 0 unspecified atom stereocenters. The van der Waals surface area contributed by atoms with Crippen LogP contribution < -0.4 is 10.1 Å². The molecule has 4 rings (SSSR count). The standard InChI is InChI=1S/C24H18Br2FNO/c25-19-12-18(14-28-21-10-8-20(27)9-11-21)24(23(26)13-19)29-15-17-6-3-5-16-4-1-2-7-22(16)17/h1-13,28H,14-15H2. The average molecular weight is 515 g/mol. The number of halogens is 3. The Labute approximate surface area is 186 Å². The first-order chi connectivity index (χ1) is 14.1. The van der Waals surface area contributed by atoms with Gasteiger partial charge in [0.1, 0.15) is 18.2 Å². The molecule has 0 saturated carbocycles. The van der Waals surface area contributed by atoms with Gasteiger partial charge in [-0.3, -0.25) is 0 Å². The van der Waals surface area contributed by atoms with Crippen LogP contribution in [0.4, 0.5) is 10.1 Å². The van der Waals surface area contributed by atoms with E-state index >= 15 is 0 Å². The summed E-state index contributed by atoms with van der Waals surface area (Å²) in [6.45, 7) is 1.01. The van der Waals surface area contributed by atoms with Gasteiger partial charge >= 0.3 is 0 Å². The molecule has 0 aliphatic rings. The van der Waals surface area contributed by atoms with Gasteiger partial charge in [0, 0.05) is 22.3 Å². The second-order valence-electron chi connectivity index (χ2n) is 6.66. The zero-order valence-corrected chi connectivity index (χ0v) is 18.6. The molecule has 1 N–H and O–H groups in total. The molecule has 0 radical (unpaired) electrons. The summed E-state index contributed by atoms with van der Waals surface area (Å²) in [6.07, 6.45) is 0. The van der Waals surface area contributed by atoms with E-state index in [1.807, 2.05) is 24.3 Å². The van der Waals surface area contributed by atoms with E-state index in [1.54, 1.807) is 12.1 Å². The minimum absolute atomic E-state index is 0.250. The Morgan fingerprint density at radius 1 is 0.828 bits per heavy atom. The molecule has 2 nitrogen and oxygen atoms in total. The van der Waals surface area contributed by atoms with E-state index in [0.29, 0.717) is 13.2 Å².